The third-order valence-electron chi connectivity index (χ3n) is 3.57. The van der Waals surface area contributed by atoms with Crippen LogP contribution in [0.15, 0.2) is 22.6 Å². The minimum atomic E-state index is -0.360. The summed E-state index contributed by atoms with van der Waals surface area (Å²) in [6.45, 7) is 3.51. The summed E-state index contributed by atoms with van der Waals surface area (Å²) in [5, 5.41) is 3.30. The highest BCUT2D eigenvalue weighted by molar-refractivity contribution is 5.75. The SMILES string of the molecule is CCC[C@]1(Nc2nc3c(F)cccc3o2)CCOC1. The fraction of sp³-hybridized carbons (Fsp3) is 0.500. The van der Waals surface area contributed by atoms with Crippen molar-refractivity contribution in [3.63, 3.8) is 0 Å². The second-order valence-corrected chi connectivity index (χ2v) is 5.06. The molecule has 0 bridgehead atoms. The maximum absolute atomic E-state index is 13.6. The highest BCUT2D eigenvalue weighted by atomic mass is 19.1. The van der Waals surface area contributed by atoms with Crippen molar-refractivity contribution in [3.8, 4) is 0 Å². The van der Waals surface area contributed by atoms with Gasteiger partial charge >= 0.3 is 0 Å². The Labute approximate surface area is 111 Å². The van der Waals surface area contributed by atoms with E-state index in [2.05, 4.69) is 17.2 Å². The van der Waals surface area contributed by atoms with Crippen LogP contribution in [0.5, 0.6) is 0 Å². The number of nitrogens with one attached hydrogen (secondary N) is 1. The summed E-state index contributed by atoms with van der Waals surface area (Å²) in [5.41, 5.74) is 0.607. The first kappa shape index (κ1) is 12.4. The molecular weight excluding hydrogens is 247 g/mol. The molecule has 1 aromatic carbocycles. The predicted octanol–water partition coefficient (Wildman–Crippen LogP) is 3.34. The van der Waals surface area contributed by atoms with Crippen LogP contribution in [-0.4, -0.2) is 23.7 Å². The summed E-state index contributed by atoms with van der Waals surface area (Å²) in [6, 6.07) is 5.09. The molecule has 0 amide bonds. The Morgan fingerprint density at radius 1 is 1.47 bits per heavy atom. The van der Waals surface area contributed by atoms with E-state index in [1.807, 2.05) is 0 Å². The second kappa shape index (κ2) is 4.81. The summed E-state index contributed by atoms with van der Waals surface area (Å²) >= 11 is 0. The number of aromatic nitrogens is 1. The van der Waals surface area contributed by atoms with Gasteiger partial charge in [0.25, 0.3) is 6.01 Å². The molecule has 2 heterocycles. The quantitative estimate of drug-likeness (QED) is 0.920. The summed E-state index contributed by atoms with van der Waals surface area (Å²) < 4.78 is 24.6. The number of hydrogen-bond donors (Lipinski definition) is 1. The molecule has 5 heteroatoms. The number of halogens is 1. The monoisotopic (exact) mass is 264 g/mol. The van der Waals surface area contributed by atoms with E-state index in [0.717, 1.165) is 25.9 Å². The molecule has 19 heavy (non-hydrogen) atoms. The lowest BCUT2D eigenvalue weighted by molar-refractivity contribution is 0.179. The second-order valence-electron chi connectivity index (χ2n) is 5.06. The van der Waals surface area contributed by atoms with E-state index in [-0.39, 0.29) is 16.9 Å². The number of hydrogen-bond acceptors (Lipinski definition) is 4. The van der Waals surface area contributed by atoms with Crippen molar-refractivity contribution < 1.29 is 13.5 Å². The summed E-state index contributed by atoms with van der Waals surface area (Å²) in [5.74, 6) is -0.360. The Bertz CT molecular complexity index is 576. The van der Waals surface area contributed by atoms with Gasteiger partial charge in [-0.05, 0) is 25.0 Å². The van der Waals surface area contributed by atoms with Gasteiger partial charge in [-0.15, -0.1) is 0 Å². The van der Waals surface area contributed by atoms with E-state index >= 15 is 0 Å². The first-order chi connectivity index (χ1) is 9.22. The molecule has 0 unspecified atom stereocenters. The van der Waals surface area contributed by atoms with Crippen molar-refractivity contribution in [2.24, 2.45) is 0 Å². The van der Waals surface area contributed by atoms with Crippen LogP contribution in [0.1, 0.15) is 26.2 Å². The summed E-state index contributed by atoms with van der Waals surface area (Å²) in [4.78, 5) is 4.19. The van der Waals surface area contributed by atoms with Gasteiger partial charge in [0.1, 0.15) is 5.52 Å². The third-order valence-corrected chi connectivity index (χ3v) is 3.57. The average Bonchev–Trinajstić information content (AvgIpc) is 2.98. The van der Waals surface area contributed by atoms with Gasteiger partial charge in [-0.2, -0.15) is 4.98 Å². The van der Waals surface area contributed by atoms with Crippen molar-refractivity contribution >= 4 is 17.1 Å². The number of fused-ring (bicyclic) bond motifs is 1. The zero-order valence-electron chi connectivity index (χ0n) is 10.9. The Kier molecular flexibility index (Phi) is 3.14. The molecule has 0 saturated carbocycles. The molecule has 0 radical (unpaired) electrons. The van der Waals surface area contributed by atoms with Gasteiger partial charge in [0, 0.05) is 6.61 Å². The smallest absolute Gasteiger partial charge is 0.296 e. The molecule has 1 fully saturated rings. The number of nitrogens with zero attached hydrogens (tertiary/aromatic N) is 1. The molecule has 1 atom stereocenters. The van der Waals surface area contributed by atoms with Crippen molar-refractivity contribution in [1.29, 1.82) is 0 Å². The molecule has 1 aliphatic rings. The number of para-hydroxylation sites is 1. The molecule has 1 N–H and O–H groups in total. The largest absolute Gasteiger partial charge is 0.423 e. The van der Waals surface area contributed by atoms with Crippen molar-refractivity contribution in [2.45, 2.75) is 31.7 Å². The van der Waals surface area contributed by atoms with Crippen LogP contribution < -0.4 is 5.32 Å². The van der Waals surface area contributed by atoms with Crippen LogP contribution in [0, 0.1) is 5.82 Å². The van der Waals surface area contributed by atoms with Gasteiger partial charge in [-0.3, -0.25) is 0 Å². The van der Waals surface area contributed by atoms with Gasteiger partial charge in [-0.1, -0.05) is 19.4 Å². The van der Waals surface area contributed by atoms with Gasteiger partial charge in [0.15, 0.2) is 11.4 Å². The van der Waals surface area contributed by atoms with E-state index in [1.165, 1.54) is 6.07 Å². The molecule has 3 rings (SSSR count). The Balaban J connectivity index is 1.89. The van der Waals surface area contributed by atoms with Gasteiger partial charge in [-0.25, -0.2) is 4.39 Å². The Morgan fingerprint density at radius 3 is 3.05 bits per heavy atom. The first-order valence-electron chi connectivity index (χ1n) is 6.63. The van der Waals surface area contributed by atoms with Crippen LogP contribution in [-0.2, 0) is 4.74 Å². The van der Waals surface area contributed by atoms with Gasteiger partial charge in [0.2, 0.25) is 0 Å². The zero-order chi connectivity index (χ0) is 13.3. The van der Waals surface area contributed by atoms with Crippen LogP contribution in [0.4, 0.5) is 10.4 Å². The maximum Gasteiger partial charge on any atom is 0.296 e. The molecule has 0 aliphatic carbocycles. The molecule has 1 aromatic heterocycles. The molecule has 0 spiro atoms. The topological polar surface area (TPSA) is 47.3 Å². The van der Waals surface area contributed by atoms with E-state index in [1.54, 1.807) is 12.1 Å². The first-order valence-corrected chi connectivity index (χ1v) is 6.63. The minimum Gasteiger partial charge on any atom is -0.423 e. The van der Waals surface area contributed by atoms with Crippen molar-refractivity contribution in [1.82, 2.24) is 4.98 Å². The molecule has 1 aliphatic heterocycles. The Morgan fingerprint density at radius 2 is 2.37 bits per heavy atom. The van der Waals surface area contributed by atoms with Crippen molar-refractivity contribution in [2.75, 3.05) is 18.5 Å². The lowest BCUT2D eigenvalue weighted by atomic mass is 9.93. The van der Waals surface area contributed by atoms with Crippen LogP contribution in [0.3, 0.4) is 0 Å². The summed E-state index contributed by atoms with van der Waals surface area (Å²) in [7, 11) is 0. The van der Waals surface area contributed by atoms with E-state index in [0.29, 0.717) is 18.2 Å². The van der Waals surface area contributed by atoms with Gasteiger partial charge in [0.05, 0.1) is 12.1 Å². The van der Waals surface area contributed by atoms with Crippen LogP contribution >= 0.6 is 0 Å². The van der Waals surface area contributed by atoms with Crippen molar-refractivity contribution in [3.05, 3.63) is 24.0 Å². The fourth-order valence-corrected chi connectivity index (χ4v) is 2.64. The number of oxazole rings is 1. The Hall–Kier alpha value is -1.62. The third kappa shape index (κ3) is 2.30. The fourth-order valence-electron chi connectivity index (χ4n) is 2.64. The van der Waals surface area contributed by atoms with E-state index in [4.69, 9.17) is 9.15 Å². The maximum atomic E-state index is 13.6. The molecule has 2 aromatic rings. The predicted molar refractivity (Wildman–Crippen MR) is 70.7 cm³/mol. The lowest BCUT2D eigenvalue weighted by Crippen LogP contribution is -2.38. The summed E-state index contributed by atoms with van der Waals surface area (Å²) in [6.07, 6.45) is 2.95. The zero-order valence-corrected chi connectivity index (χ0v) is 10.9. The average molecular weight is 264 g/mol. The number of anilines is 1. The molecule has 1 saturated heterocycles. The molecule has 102 valence electrons. The van der Waals surface area contributed by atoms with Crippen LogP contribution in [0.2, 0.25) is 0 Å². The number of ether oxygens (including phenoxy) is 1. The molecular formula is C14H17FN2O2. The van der Waals surface area contributed by atoms with Gasteiger partial charge < -0.3 is 14.5 Å². The molecule has 4 nitrogen and oxygen atoms in total. The highest BCUT2D eigenvalue weighted by Gasteiger charge is 2.35. The number of benzene rings is 1. The number of rotatable bonds is 4. The highest BCUT2D eigenvalue weighted by Crippen LogP contribution is 2.30. The normalized spacial score (nSPS) is 23.1. The van der Waals surface area contributed by atoms with E-state index in [9.17, 15) is 4.39 Å². The standard InChI is InChI=1S/C14H17FN2O2/c1-2-6-14(7-8-18-9-14)17-13-16-12-10(15)4-3-5-11(12)19-13/h3-5H,2,6-9H2,1H3,(H,16,17)/t14-/m0/s1. The van der Waals surface area contributed by atoms with Crippen LogP contribution in [0.25, 0.3) is 11.1 Å². The van der Waals surface area contributed by atoms with E-state index < -0.39 is 0 Å². The minimum absolute atomic E-state index is 0.133. The lowest BCUT2D eigenvalue weighted by Gasteiger charge is -2.27.